The van der Waals surface area contributed by atoms with Crippen molar-refractivity contribution < 1.29 is 9.53 Å². The molecule has 0 heterocycles. The van der Waals surface area contributed by atoms with Crippen LogP contribution in [0.1, 0.15) is 31.4 Å². The maximum Gasteiger partial charge on any atom is 0.130 e. The summed E-state index contributed by atoms with van der Waals surface area (Å²) in [6.45, 7) is 5.81. The fourth-order valence-corrected chi connectivity index (χ4v) is 2.01. The summed E-state index contributed by atoms with van der Waals surface area (Å²) in [7, 11) is 1.68. The van der Waals surface area contributed by atoms with Crippen LogP contribution < -0.4 is 4.74 Å². The first-order valence-corrected chi connectivity index (χ1v) is 5.66. The average Bonchev–Trinajstić information content (AvgIpc) is 2.16. The third kappa shape index (κ3) is 3.69. The highest BCUT2D eigenvalue weighted by atomic mass is 16.5. The molecule has 0 bridgehead atoms. The van der Waals surface area contributed by atoms with E-state index in [9.17, 15) is 4.79 Å². The molecule has 0 aliphatic heterocycles. The topological polar surface area (TPSA) is 26.3 Å². The predicted molar refractivity (Wildman–Crippen MR) is 65.9 cm³/mol. The van der Waals surface area contributed by atoms with Gasteiger partial charge in [0.15, 0.2) is 0 Å². The van der Waals surface area contributed by atoms with E-state index >= 15 is 0 Å². The van der Waals surface area contributed by atoms with E-state index in [1.807, 2.05) is 12.1 Å². The summed E-state index contributed by atoms with van der Waals surface area (Å²) < 4.78 is 5.32. The molecule has 0 aliphatic rings. The molecule has 0 amide bonds. The van der Waals surface area contributed by atoms with Crippen molar-refractivity contribution in [3.05, 3.63) is 29.3 Å². The molecule has 0 saturated heterocycles. The summed E-state index contributed by atoms with van der Waals surface area (Å²) in [6.07, 6.45) is 1.53. The van der Waals surface area contributed by atoms with E-state index in [-0.39, 0.29) is 5.78 Å². The Hall–Kier alpha value is -1.31. The molecule has 0 saturated carbocycles. The Bertz CT molecular complexity index is 369. The van der Waals surface area contributed by atoms with Crippen molar-refractivity contribution in [3.63, 3.8) is 0 Å². The minimum atomic E-state index is 0.249. The number of benzene rings is 1. The fraction of sp³-hybridized carbons (Fsp3) is 0.500. The second-order valence-corrected chi connectivity index (χ2v) is 4.53. The Morgan fingerprint density at radius 3 is 2.69 bits per heavy atom. The molecule has 16 heavy (non-hydrogen) atoms. The zero-order valence-corrected chi connectivity index (χ0v) is 10.5. The minimum Gasteiger partial charge on any atom is -0.496 e. The lowest BCUT2D eigenvalue weighted by Crippen LogP contribution is -2.06. The van der Waals surface area contributed by atoms with Gasteiger partial charge in [-0.25, -0.2) is 0 Å². The lowest BCUT2D eigenvalue weighted by molar-refractivity contribution is -0.117. The fourth-order valence-electron chi connectivity index (χ4n) is 2.01. The first kappa shape index (κ1) is 12.8. The van der Waals surface area contributed by atoms with Gasteiger partial charge in [-0.2, -0.15) is 0 Å². The average molecular weight is 220 g/mol. The molecule has 0 N–H and O–H groups in total. The summed E-state index contributed by atoms with van der Waals surface area (Å²) in [5, 5.41) is 0. The lowest BCUT2D eigenvalue weighted by Gasteiger charge is -2.13. The Kier molecular flexibility index (Phi) is 4.53. The summed E-state index contributed by atoms with van der Waals surface area (Å²) in [4.78, 5) is 11.0. The zero-order chi connectivity index (χ0) is 12.1. The second-order valence-electron chi connectivity index (χ2n) is 4.53. The van der Waals surface area contributed by atoms with Crippen LogP contribution in [0.5, 0.6) is 5.75 Å². The van der Waals surface area contributed by atoms with Gasteiger partial charge in [0.05, 0.1) is 7.11 Å². The Morgan fingerprint density at radius 2 is 2.12 bits per heavy atom. The number of aryl methyl sites for hydroxylation is 1. The lowest BCUT2D eigenvalue weighted by atomic mass is 9.95. The molecule has 1 rings (SSSR count). The minimum absolute atomic E-state index is 0.249. The Balaban J connectivity index is 2.78. The number of carbonyl (C=O) groups excluding carboxylic acids is 1. The van der Waals surface area contributed by atoms with Crippen molar-refractivity contribution in [3.8, 4) is 5.75 Å². The molecule has 0 spiro atoms. The van der Waals surface area contributed by atoms with Gasteiger partial charge in [0, 0.05) is 6.42 Å². The number of hydrogen-bond acceptors (Lipinski definition) is 2. The van der Waals surface area contributed by atoms with Gasteiger partial charge in [0.1, 0.15) is 11.5 Å². The molecule has 0 aliphatic carbocycles. The van der Waals surface area contributed by atoms with Crippen molar-refractivity contribution in [2.45, 2.75) is 33.6 Å². The van der Waals surface area contributed by atoms with Gasteiger partial charge in [-0.1, -0.05) is 24.6 Å². The summed E-state index contributed by atoms with van der Waals surface area (Å²) in [6, 6.07) is 6.17. The SMILES string of the molecule is COc1ccc(C)cc1CC(C)CC(C)=O. The van der Waals surface area contributed by atoms with Crippen LogP contribution in [-0.4, -0.2) is 12.9 Å². The van der Waals surface area contributed by atoms with Crippen molar-refractivity contribution >= 4 is 5.78 Å². The number of hydrogen-bond donors (Lipinski definition) is 0. The van der Waals surface area contributed by atoms with Crippen LogP contribution in [-0.2, 0) is 11.2 Å². The van der Waals surface area contributed by atoms with E-state index in [0.717, 1.165) is 12.2 Å². The molecule has 0 aromatic heterocycles. The van der Waals surface area contributed by atoms with Gasteiger partial charge in [0.2, 0.25) is 0 Å². The van der Waals surface area contributed by atoms with Crippen LogP contribution in [0.15, 0.2) is 18.2 Å². The predicted octanol–water partition coefficient (Wildman–Crippen LogP) is 3.16. The number of methoxy groups -OCH3 is 1. The Labute approximate surface area is 97.6 Å². The Morgan fingerprint density at radius 1 is 1.44 bits per heavy atom. The number of rotatable bonds is 5. The van der Waals surface area contributed by atoms with E-state index in [2.05, 4.69) is 19.9 Å². The van der Waals surface area contributed by atoms with Gasteiger partial charge in [0.25, 0.3) is 0 Å². The largest absolute Gasteiger partial charge is 0.496 e. The van der Waals surface area contributed by atoms with Crippen LogP contribution in [0.25, 0.3) is 0 Å². The highest BCUT2D eigenvalue weighted by molar-refractivity contribution is 5.75. The van der Waals surface area contributed by atoms with Crippen LogP contribution in [0, 0.1) is 12.8 Å². The van der Waals surface area contributed by atoms with Crippen molar-refractivity contribution in [1.29, 1.82) is 0 Å². The quantitative estimate of drug-likeness (QED) is 0.762. The molecule has 2 heteroatoms. The van der Waals surface area contributed by atoms with Gasteiger partial charge >= 0.3 is 0 Å². The molecular weight excluding hydrogens is 200 g/mol. The van der Waals surface area contributed by atoms with Crippen LogP contribution in [0.3, 0.4) is 0 Å². The van der Waals surface area contributed by atoms with Gasteiger partial charge < -0.3 is 9.53 Å². The first-order chi connectivity index (χ1) is 7.52. The zero-order valence-electron chi connectivity index (χ0n) is 10.5. The molecule has 0 radical (unpaired) electrons. The standard InChI is InChI=1S/C14H20O2/c1-10-5-6-14(16-4)13(8-10)9-11(2)7-12(3)15/h5-6,8,11H,7,9H2,1-4H3. The van der Waals surface area contributed by atoms with E-state index < -0.39 is 0 Å². The van der Waals surface area contributed by atoms with Crippen molar-refractivity contribution in [2.24, 2.45) is 5.92 Å². The number of ether oxygens (including phenoxy) is 1. The summed E-state index contributed by atoms with van der Waals surface area (Å²) >= 11 is 0. The third-order valence-electron chi connectivity index (χ3n) is 2.64. The molecule has 1 unspecified atom stereocenters. The van der Waals surface area contributed by atoms with E-state index in [0.29, 0.717) is 12.3 Å². The molecule has 2 nitrogen and oxygen atoms in total. The molecule has 1 aromatic carbocycles. The summed E-state index contributed by atoms with van der Waals surface area (Å²) in [5.74, 6) is 1.54. The van der Waals surface area contributed by atoms with E-state index in [1.165, 1.54) is 11.1 Å². The van der Waals surface area contributed by atoms with Crippen molar-refractivity contribution in [1.82, 2.24) is 0 Å². The maximum absolute atomic E-state index is 11.0. The van der Waals surface area contributed by atoms with E-state index in [1.54, 1.807) is 14.0 Å². The molecule has 88 valence electrons. The second kappa shape index (κ2) is 5.69. The van der Waals surface area contributed by atoms with Gasteiger partial charge in [-0.05, 0) is 37.8 Å². The first-order valence-electron chi connectivity index (χ1n) is 5.66. The normalized spacial score (nSPS) is 12.2. The van der Waals surface area contributed by atoms with Crippen LogP contribution >= 0.6 is 0 Å². The molecule has 1 atom stereocenters. The van der Waals surface area contributed by atoms with E-state index in [4.69, 9.17) is 4.74 Å². The molecule has 1 aromatic rings. The molecule has 0 fully saturated rings. The molecular formula is C14H20O2. The van der Waals surface area contributed by atoms with Gasteiger partial charge in [-0.15, -0.1) is 0 Å². The van der Waals surface area contributed by atoms with Crippen LogP contribution in [0.2, 0.25) is 0 Å². The number of Topliss-reactive ketones (excluding diaryl/α,β-unsaturated/α-hetero) is 1. The maximum atomic E-state index is 11.0. The highest BCUT2D eigenvalue weighted by Crippen LogP contribution is 2.23. The van der Waals surface area contributed by atoms with Crippen molar-refractivity contribution in [2.75, 3.05) is 7.11 Å². The van der Waals surface area contributed by atoms with Gasteiger partial charge in [-0.3, -0.25) is 0 Å². The summed E-state index contributed by atoms with van der Waals surface area (Å²) in [5.41, 5.74) is 2.42. The van der Waals surface area contributed by atoms with Crippen LogP contribution in [0.4, 0.5) is 0 Å². The number of carbonyl (C=O) groups is 1. The number of ketones is 1. The smallest absolute Gasteiger partial charge is 0.130 e. The third-order valence-corrected chi connectivity index (χ3v) is 2.64. The highest BCUT2D eigenvalue weighted by Gasteiger charge is 2.10. The monoisotopic (exact) mass is 220 g/mol.